The van der Waals surface area contributed by atoms with Crippen molar-refractivity contribution >= 4 is 21.9 Å². The molecule has 0 fully saturated rings. The third-order valence-corrected chi connectivity index (χ3v) is 8.21. The summed E-state index contributed by atoms with van der Waals surface area (Å²) in [4.78, 5) is 16.0. The predicted molar refractivity (Wildman–Crippen MR) is 159 cm³/mol. The van der Waals surface area contributed by atoms with Crippen molar-refractivity contribution < 1.29 is 49.5 Å². The maximum atomic E-state index is 12.5. The Morgan fingerprint density at radius 2 is 1.61 bits per heavy atom. The fourth-order valence-electron chi connectivity index (χ4n) is 5.40. The molecule has 6 rings (SSSR count). The Balaban J connectivity index is 1.42. The number of nitrogens with zero attached hydrogens (tertiary/aromatic N) is 1. The average Bonchev–Trinajstić information content (AvgIpc) is 3.35. The minimum Gasteiger partial charge on any atom is -0.497 e. The van der Waals surface area contributed by atoms with E-state index in [1.807, 2.05) is 54.6 Å². The Bertz CT molecular complexity index is 1980. The summed E-state index contributed by atoms with van der Waals surface area (Å²) in [5.74, 6) is -2.89. The van der Waals surface area contributed by atoms with E-state index >= 15 is 0 Å². The number of ether oxygens (including phenoxy) is 4. The van der Waals surface area contributed by atoms with Crippen molar-refractivity contribution in [1.82, 2.24) is 0 Å². The number of nitrogens with two attached hydrogens (primary N) is 1. The van der Waals surface area contributed by atoms with Gasteiger partial charge in [-0.25, -0.2) is 9.79 Å². The van der Waals surface area contributed by atoms with E-state index in [2.05, 4.69) is 4.74 Å². The van der Waals surface area contributed by atoms with Gasteiger partial charge in [0.1, 0.15) is 36.1 Å². The molecule has 0 aromatic heterocycles. The average molecular weight is 655 g/mol. The minimum atomic E-state index is -5.37. The van der Waals surface area contributed by atoms with Crippen LogP contribution in [0, 0.1) is 0 Å². The molecule has 2 heterocycles. The molecule has 2 N–H and O–H groups in total. The van der Waals surface area contributed by atoms with E-state index in [1.54, 1.807) is 18.2 Å². The van der Waals surface area contributed by atoms with Crippen LogP contribution in [0.3, 0.4) is 0 Å². The maximum absolute atomic E-state index is 12.5. The summed E-state index contributed by atoms with van der Waals surface area (Å²) >= 11 is 0. The van der Waals surface area contributed by atoms with Gasteiger partial charge in [-0.1, -0.05) is 48.5 Å². The molecule has 0 bridgehead atoms. The lowest BCUT2D eigenvalue weighted by atomic mass is 9.77. The number of fused-ring (bicyclic) bond motifs is 2. The van der Waals surface area contributed by atoms with Crippen molar-refractivity contribution in [1.29, 1.82) is 0 Å². The molecule has 1 atom stereocenters. The first-order valence-corrected chi connectivity index (χ1v) is 15.3. The molecule has 2 aliphatic rings. The fourth-order valence-corrected chi connectivity index (χ4v) is 6.09. The summed E-state index contributed by atoms with van der Waals surface area (Å²) < 4.78 is 88.1. The van der Waals surface area contributed by atoms with Gasteiger partial charge in [-0.15, -0.1) is 0 Å². The molecule has 10 nitrogen and oxygen atoms in total. The van der Waals surface area contributed by atoms with Gasteiger partial charge in [0.05, 0.1) is 7.11 Å². The van der Waals surface area contributed by atoms with Crippen LogP contribution in [0.1, 0.15) is 22.3 Å². The van der Waals surface area contributed by atoms with Crippen molar-refractivity contribution in [3.05, 3.63) is 107 Å². The van der Waals surface area contributed by atoms with Gasteiger partial charge in [-0.3, -0.25) is 0 Å². The van der Waals surface area contributed by atoms with Crippen LogP contribution in [0.25, 0.3) is 11.1 Å². The number of halogens is 3. The second-order valence-corrected chi connectivity index (χ2v) is 11.8. The Labute approximate surface area is 261 Å². The number of rotatable bonds is 8. The Hall–Kier alpha value is -5.24. The molecule has 0 spiro atoms. The van der Waals surface area contributed by atoms with Crippen molar-refractivity contribution in [3.63, 3.8) is 0 Å². The Kier molecular flexibility index (Phi) is 7.76. The van der Waals surface area contributed by atoms with E-state index in [1.165, 1.54) is 19.2 Å². The van der Waals surface area contributed by atoms with Gasteiger partial charge < -0.3 is 28.9 Å². The van der Waals surface area contributed by atoms with Gasteiger partial charge in [0.2, 0.25) is 5.94 Å². The predicted octanol–water partition coefficient (Wildman–Crippen LogP) is 4.92. The summed E-state index contributed by atoms with van der Waals surface area (Å²) in [6.45, 7) is 0.821. The number of esters is 1. The zero-order valence-electron chi connectivity index (χ0n) is 24.0. The standard InChI is InChI=1S/C32H25F3N2O8S/c1-41-23-14-20(15-24(17-23)45-46(39,40)18-44-30(38)32(33,34)35)19-5-4-6-21(13-19)31(26-8-3-2-7-25(26)29(36)37-31)22-9-10-27-28(16-22)43-12-11-42-27/h2-10,13-17H,11-12,18H2,1H3,(H2,36,37). The summed E-state index contributed by atoms with van der Waals surface area (Å²) in [7, 11) is -3.43. The van der Waals surface area contributed by atoms with E-state index in [9.17, 15) is 26.4 Å². The summed E-state index contributed by atoms with van der Waals surface area (Å²) in [5.41, 5.74) is 9.48. The molecule has 14 heteroatoms. The van der Waals surface area contributed by atoms with Crippen LogP contribution in [0.2, 0.25) is 0 Å². The Morgan fingerprint density at radius 1 is 0.891 bits per heavy atom. The van der Waals surface area contributed by atoms with Crippen molar-refractivity contribution in [3.8, 4) is 34.1 Å². The molecule has 1 unspecified atom stereocenters. The van der Waals surface area contributed by atoms with Gasteiger partial charge in [0, 0.05) is 11.6 Å². The number of aliphatic imine (C=N–C) groups is 1. The lowest BCUT2D eigenvalue weighted by Gasteiger charge is -2.31. The summed E-state index contributed by atoms with van der Waals surface area (Å²) in [6.07, 6.45) is -5.37. The highest BCUT2D eigenvalue weighted by atomic mass is 32.2. The maximum Gasteiger partial charge on any atom is 0.490 e. The molecule has 0 radical (unpaired) electrons. The fraction of sp³-hybridized carbons (Fsp3) is 0.188. The molecule has 238 valence electrons. The number of carbonyl (C=O) groups excluding carboxylic acids is 1. The van der Waals surface area contributed by atoms with E-state index in [0.29, 0.717) is 47.2 Å². The number of carbonyl (C=O) groups is 1. The van der Waals surface area contributed by atoms with Gasteiger partial charge in [0.25, 0.3) is 0 Å². The van der Waals surface area contributed by atoms with Gasteiger partial charge in [0.15, 0.2) is 11.5 Å². The summed E-state index contributed by atoms with van der Waals surface area (Å²) in [5, 5.41) is 0. The number of hydrogen-bond acceptors (Lipinski definition) is 10. The van der Waals surface area contributed by atoms with Crippen LogP contribution < -0.4 is 24.1 Å². The van der Waals surface area contributed by atoms with E-state index in [0.717, 1.165) is 16.7 Å². The first-order chi connectivity index (χ1) is 21.9. The van der Waals surface area contributed by atoms with Crippen LogP contribution in [0.4, 0.5) is 13.2 Å². The molecule has 2 aliphatic heterocycles. The van der Waals surface area contributed by atoms with Crippen LogP contribution in [-0.2, 0) is 25.2 Å². The second-order valence-electron chi connectivity index (χ2n) is 10.3. The molecular formula is C32H25F3N2O8S. The number of hydrogen-bond donors (Lipinski definition) is 1. The highest BCUT2D eigenvalue weighted by Crippen LogP contribution is 2.48. The van der Waals surface area contributed by atoms with Crippen LogP contribution in [-0.4, -0.2) is 52.7 Å². The number of methoxy groups -OCH3 is 1. The SMILES string of the molecule is COc1cc(OS(=O)(=O)COC(=O)C(F)(F)F)cc(-c2cccc(C3(c4ccc5c(c4)OCCO5)N=C(N)c4ccccc43)c2)c1. The lowest BCUT2D eigenvalue weighted by Crippen LogP contribution is -2.29. The molecule has 4 aromatic rings. The van der Waals surface area contributed by atoms with Gasteiger partial charge in [-0.05, 0) is 58.1 Å². The zero-order chi connectivity index (χ0) is 32.7. The summed E-state index contributed by atoms with van der Waals surface area (Å²) in [6, 6.07) is 24.7. The van der Waals surface area contributed by atoms with Crippen molar-refractivity contribution in [2.75, 3.05) is 26.3 Å². The molecule has 0 amide bonds. The third-order valence-electron chi connectivity index (χ3n) is 7.36. The highest BCUT2D eigenvalue weighted by Gasteiger charge is 2.44. The normalized spacial score (nSPS) is 17.1. The lowest BCUT2D eigenvalue weighted by molar-refractivity contribution is -0.197. The first kappa shape index (κ1) is 30.8. The number of amidine groups is 1. The third kappa shape index (κ3) is 5.78. The minimum absolute atomic E-state index is 0.190. The molecular weight excluding hydrogens is 629 g/mol. The van der Waals surface area contributed by atoms with E-state index < -0.39 is 33.7 Å². The second kappa shape index (κ2) is 11.6. The number of alkyl halides is 3. The molecule has 0 saturated carbocycles. The topological polar surface area (TPSA) is 136 Å². The van der Waals surface area contributed by atoms with Gasteiger partial charge >= 0.3 is 22.3 Å². The van der Waals surface area contributed by atoms with Crippen LogP contribution in [0.5, 0.6) is 23.0 Å². The van der Waals surface area contributed by atoms with Crippen LogP contribution >= 0.6 is 0 Å². The quantitative estimate of drug-likeness (QED) is 0.208. The molecule has 46 heavy (non-hydrogen) atoms. The van der Waals surface area contributed by atoms with Crippen LogP contribution in [0.15, 0.2) is 89.9 Å². The largest absolute Gasteiger partial charge is 0.497 e. The van der Waals surface area contributed by atoms with E-state index in [-0.39, 0.29) is 11.5 Å². The van der Waals surface area contributed by atoms with E-state index in [4.69, 9.17) is 29.1 Å². The smallest absolute Gasteiger partial charge is 0.490 e. The zero-order valence-corrected chi connectivity index (χ0v) is 24.9. The van der Waals surface area contributed by atoms with Crippen molar-refractivity contribution in [2.24, 2.45) is 10.7 Å². The Morgan fingerprint density at radius 3 is 2.37 bits per heavy atom. The highest BCUT2D eigenvalue weighted by molar-refractivity contribution is 7.86. The molecule has 0 aliphatic carbocycles. The number of benzene rings is 4. The molecule has 4 aromatic carbocycles. The monoisotopic (exact) mass is 654 g/mol. The molecule has 0 saturated heterocycles. The van der Waals surface area contributed by atoms with Gasteiger partial charge in [-0.2, -0.15) is 21.6 Å². The first-order valence-electron chi connectivity index (χ1n) is 13.7. The van der Waals surface area contributed by atoms with Crippen molar-refractivity contribution in [2.45, 2.75) is 11.7 Å².